The molecule has 3 N–H and O–H groups in total. The first-order chi connectivity index (χ1) is 8.91. The lowest BCUT2D eigenvalue weighted by molar-refractivity contribution is 0.0989. The zero-order chi connectivity index (χ0) is 14.6. The largest absolute Gasteiger partial charge is 0.384 e. The molecule has 0 bridgehead atoms. The highest BCUT2D eigenvalue weighted by Crippen LogP contribution is 2.03. The average molecular weight is 305 g/mol. The van der Waals surface area contributed by atoms with Crippen LogP contribution in [0.5, 0.6) is 0 Å². The van der Waals surface area contributed by atoms with Gasteiger partial charge in [-0.3, -0.25) is 18.7 Å². The van der Waals surface area contributed by atoms with E-state index in [1.807, 2.05) is 6.92 Å². The van der Waals surface area contributed by atoms with E-state index in [0.29, 0.717) is 6.54 Å². The Balaban J connectivity index is 0.00000361. The van der Waals surface area contributed by atoms with E-state index in [1.165, 1.54) is 14.1 Å². The zero-order valence-corrected chi connectivity index (χ0v) is 12.7. The number of Topliss-reactive ketones (excluding diaryl/α,β-unsaturated/α-hetero) is 1. The molecule has 0 aliphatic carbocycles. The van der Waals surface area contributed by atoms with Crippen molar-refractivity contribution >= 4 is 24.0 Å². The molecule has 0 amide bonds. The van der Waals surface area contributed by atoms with Crippen LogP contribution in [-0.4, -0.2) is 28.0 Å². The molecule has 8 heteroatoms. The molecule has 0 saturated carbocycles. The fourth-order valence-electron chi connectivity index (χ4n) is 1.71. The van der Waals surface area contributed by atoms with Crippen LogP contribution in [0.15, 0.2) is 9.59 Å². The van der Waals surface area contributed by atoms with E-state index in [9.17, 15) is 14.4 Å². The number of ketones is 1. The van der Waals surface area contributed by atoms with Gasteiger partial charge >= 0.3 is 5.69 Å². The standard InChI is InChI=1S/C12H20N4O3.ClH/c1-4-5-6-14-7-8(17)9-10(13)15(2)12(19)16(3)11(9)18;/h14H,4-7,13H2,1-3H3;1H. The second kappa shape index (κ2) is 7.86. The molecule has 0 aliphatic heterocycles. The summed E-state index contributed by atoms with van der Waals surface area (Å²) >= 11 is 0. The van der Waals surface area contributed by atoms with Crippen molar-refractivity contribution in [3.8, 4) is 0 Å². The van der Waals surface area contributed by atoms with E-state index in [2.05, 4.69) is 5.32 Å². The van der Waals surface area contributed by atoms with Crippen LogP contribution in [0, 0.1) is 0 Å². The smallest absolute Gasteiger partial charge is 0.332 e. The lowest BCUT2D eigenvalue weighted by Crippen LogP contribution is -2.42. The van der Waals surface area contributed by atoms with Crippen LogP contribution in [0.3, 0.4) is 0 Å². The summed E-state index contributed by atoms with van der Waals surface area (Å²) < 4.78 is 1.98. The van der Waals surface area contributed by atoms with E-state index < -0.39 is 17.0 Å². The highest BCUT2D eigenvalue weighted by molar-refractivity contribution is 6.01. The van der Waals surface area contributed by atoms with Crippen molar-refractivity contribution in [2.45, 2.75) is 19.8 Å². The van der Waals surface area contributed by atoms with Crippen molar-refractivity contribution in [1.29, 1.82) is 0 Å². The van der Waals surface area contributed by atoms with Gasteiger partial charge in [-0.05, 0) is 13.0 Å². The summed E-state index contributed by atoms with van der Waals surface area (Å²) in [6, 6.07) is 0. The fraction of sp³-hybridized carbons (Fsp3) is 0.583. The molecule has 0 unspecified atom stereocenters. The lowest BCUT2D eigenvalue weighted by atomic mass is 10.2. The Morgan fingerprint density at radius 2 is 1.85 bits per heavy atom. The van der Waals surface area contributed by atoms with Gasteiger partial charge in [0.15, 0.2) is 5.78 Å². The van der Waals surface area contributed by atoms with E-state index >= 15 is 0 Å². The summed E-state index contributed by atoms with van der Waals surface area (Å²) in [7, 11) is 2.75. The van der Waals surface area contributed by atoms with Crippen molar-refractivity contribution in [2.75, 3.05) is 18.8 Å². The molecular formula is C12H21ClN4O3. The number of nitrogens with two attached hydrogens (primary N) is 1. The van der Waals surface area contributed by atoms with E-state index in [0.717, 1.165) is 22.0 Å². The van der Waals surface area contributed by atoms with Gasteiger partial charge in [-0.25, -0.2) is 4.79 Å². The van der Waals surface area contributed by atoms with Crippen LogP contribution < -0.4 is 22.3 Å². The number of hydrogen-bond donors (Lipinski definition) is 2. The summed E-state index contributed by atoms with van der Waals surface area (Å²) in [5, 5.41) is 2.95. The number of unbranched alkanes of at least 4 members (excludes halogenated alkanes) is 1. The molecule has 0 spiro atoms. The van der Waals surface area contributed by atoms with Gasteiger partial charge in [0, 0.05) is 14.1 Å². The van der Waals surface area contributed by atoms with Crippen LogP contribution >= 0.6 is 12.4 Å². The van der Waals surface area contributed by atoms with E-state index in [4.69, 9.17) is 5.73 Å². The van der Waals surface area contributed by atoms with Gasteiger partial charge in [0.25, 0.3) is 5.56 Å². The molecule has 1 aromatic heterocycles. The third-order valence-electron chi connectivity index (χ3n) is 2.98. The Bertz CT molecular complexity index is 592. The number of nitrogens with one attached hydrogen (secondary N) is 1. The topological polar surface area (TPSA) is 99.1 Å². The number of nitrogens with zero attached hydrogens (tertiary/aromatic N) is 2. The molecule has 114 valence electrons. The molecule has 0 atom stereocenters. The zero-order valence-electron chi connectivity index (χ0n) is 11.9. The highest BCUT2D eigenvalue weighted by Gasteiger charge is 2.19. The predicted octanol–water partition coefficient (Wildman–Crippen LogP) is -0.340. The quantitative estimate of drug-likeness (QED) is 0.553. The Morgan fingerprint density at radius 1 is 1.25 bits per heavy atom. The van der Waals surface area contributed by atoms with Crippen molar-refractivity contribution in [1.82, 2.24) is 14.5 Å². The molecule has 1 heterocycles. The van der Waals surface area contributed by atoms with Crippen molar-refractivity contribution in [2.24, 2.45) is 14.1 Å². The molecule has 7 nitrogen and oxygen atoms in total. The first-order valence-corrected chi connectivity index (χ1v) is 6.21. The molecule has 0 radical (unpaired) electrons. The average Bonchev–Trinajstić information content (AvgIpc) is 2.39. The minimum absolute atomic E-state index is 0. The monoisotopic (exact) mass is 304 g/mol. The van der Waals surface area contributed by atoms with Gasteiger partial charge in [-0.2, -0.15) is 0 Å². The molecule has 0 aliphatic rings. The Kier molecular flexibility index (Phi) is 7.23. The second-order valence-electron chi connectivity index (χ2n) is 4.42. The third kappa shape index (κ3) is 3.71. The van der Waals surface area contributed by atoms with Crippen LogP contribution in [0.4, 0.5) is 5.82 Å². The Labute approximate surface area is 123 Å². The predicted molar refractivity (Wildman–Crippen MR) is 80.7 cm³/mol. The summed E-state index contributed by atoms with van der Waals surface area (Å²) in [5.41, 5.74) is 4.36. The van der Waals surface area contributed by atoms with E-state index in [-0.39, 0.29) is 30.3 Å². The van der Waals surface area contributed by atoms with Gasteiger partial charge in [0.05, 0.1) is 6.54 Å². The van der Waals surface area contributed by atoms with Gasteiger partial charge in [0.1, 0.15) is 11.4 Å². The first kappa shape index (κ1) is 18.4. The Hall–Kier alpha value is -1.60. The Morgan fingerprint density at radius 3 is 2.40 bits per heavy atom. The normalized spacial score (nSPS) is 10.2. The number of carbonyl (C=O) groups excluding carboxylic acids is 1. The number of hydrogen-bond acceptors (Lipinski definition) is 5. The van der Waals surface area contributed by atoms with Crippen LogP contribution in [-0.2, 0) is 14.1 Å². The first-order valence-electron chi connectivity index (χ1n) is 6.21. The maximum Gasteiger partial charge on any atom is 0.332 e. The minimum Gasteiger partial charge on any atom is -0.384 e. The van der Waals surface area contributed by atoms with Crippen LogP contribution in [0.25, 0.3) is 0 Å². The summed E-state index contributed by atoms with van der Waals surface area (Å²) in [5.74, 6) is -0.486. The number of nitrogen functional groups attached to an aromatic ring is 1. The molecule has 20 heavy (non-hydrogen) atoms. The summed E-state index contributed by atoms with van der Waals surface area (Å²) in [6.45, 7) is 2.79. The lowest BCUT2D eigenvalue weighted by Gasteiger charge is -2.11. The molecule has 1 rings (SSSR count). The molecular weight excluding hydrogens is 284 g/mol. The molecule has 0 aromatic carbocycles. The second-order valence-corrected chi connectivity index (χ2v) is 4.42. The number of anilines is 1. The number of halogens is 1. The van der Waals surface area contributed by atoms with Gasteiger partial charge in [0.2, 0.25) is 0 Å². The number of carbonyl (C=O) groups is 1. The fourth-order valence-corrected chi connectivity index (χ4v) is 1.71. The van der Waals surface area contributed by atoms with Gasteiger partial charge in [-0.15, -0.1) is 12.4 Å². The maximum absolute atomic E-state index is 12.0. The molecule has 0 fully saturated rings. The molecule has 0 saturated heterocycles. The SMILES string of the molecule is CCCCNCC(=O)c1c(N)n(C)c(=O)n(C)c1=O.Cl. The minimum atomic E-state index is -0.650. The third-order valence-corrected chi connectivity index (χ3v) is 2.98. The van der Waals surface area contributed by atoms with Crippen molar-refractivity contribution in [3.63, 3.8) is 0 Å². The van der Waals surface area contributed by atoms with Crippen LogP contribution in [0.2, 0.25) is 0 Å². The number of rotatable bonds is 6. The van der Waals surface area contributed by atoms with E-state index in [1.54, 1.807) is 0 Å². The van der Waals surface area contributed by atoms with Gasteiger partial charge in [-0.1, -0.05) is 13.3 Å². The summed E-state index contributed by atoms with van der Waals surface area (Å²) in [4.78, 5) is 35.5. The van der Waals surface area contributed by atoms with Gasteiger partial charge < -0.3 is 11.1 Å². The molecule has 1 aromatic rings. The maximum atomic E-state index is 12.0. The highest BCUT2D eigenvalue weighted by atomic mass is 35.5. The summed E-state index contributed by atoms with van der Waals surface area (Å²) in [6.07, 6.45) is 1.97. The van der Waals surface area contributed by atoms with Crippen LogP contribution in [0.1, 0.15) is 30.1 Å². The van der Waals surface area contributed by atoms with Crippen molar-refractivity contribution < 1.29 is 4.79 Å². The van der Waals surface area contributed by atoms with Crippen molar-refractivity contribution in [3.05, 3.63) is 26.4 Å². The number of aromatic nitrogens is 2.